The van der Waals surface area contributed by atoms with Crippen molar-refractivity contribution in [3.05, 3.63) is 103 Å². The first-order valence-electron chi connectivity index (χ1n) is 11.4. The van der Waals surface area contributed by atoms with E-state index in [-0.39, 0.29) is 10.6 Å². The SMILES string of the molecule is CS(=O)(=O)c1cccc(N(Cc2ccccc2N2CCS(O)(O)c3ccccc32)c2cccnc2)c1. The second kappa shape index (κ2) is 9.59. The highest BCUT2D eigenvalue weighted by Crippen LogP contribution is 2.56. The number of rotatable bonds is 6. The molecule has 0 radical (unpaired) electrons. The van der Waals surface area contributed by atoms with Gasteiger partial charge in [-0.25, -0.2) is 8.42 Å². The molecule has 7 nitrogen and oxygen atoms in total. The van der Waals surface area contributed by atoms with Crippen molar-refractivity contribution in [3.63, 3.8) is 0 Å². The molecule has 9 heteroatoms. The molecule has 0 amide bonds. The van der Waals surface area contributed by atoms with Gasteiger partial charge in [0.05, 0.1) is 39.7 Å². The summed E-state index contributed by atoms with van der Waals surface area (Å²) >= 11 is 0. The lowest BCUT2D eigenvalue weighted by Gasteiger charge is -2.43. The quantitative estimate of drug-likeness (QED) is 0.317. The predicted octanol–water partition coefficient (Wildman–Crippen LogP) is 6.08. The highest BCUT2D eigenvalue weighted by Gasteiger charge is 2.30. The van der Waals surface area contributed by atoms with Crippen LogP contribution >= 0.6 is 10.6 Å². The van der Waals surface area contributed by atoms with Gasteiger partial charge in [0, 0.05) is 30.4 Å². The minimum absolute atomic E-state index is 0.248. The van der Waals surface area contributed by atoms with Crippen LogP contribution in [0.5, 0.6) is 0 Å². The number of fused-ring (bicyclic) bond motifs is 1. The third-order valence-electron chi connectivity index (χ3n) is 6.23. The summed E-state index contributed by atoms with van der Waals surface area (Å²) in [4.78, 5) is 9.23. The largest absolute Gasteiger partial charge is 0.338 e. The summed E-state index contributed by atoms with van der Waals surface area (Å²) in [5, 5.41) is 0. The molecule has 186 valence electrons. The van der Waals surface area contributed by atoms with E-state index in [0.717, 1.165) is 28.3 Å². The van der Waals surface area contributed by atoms with E-state index in [9.17, 15) is 17.5 Å². The van der Waals surface area contributed by atoms with E-state index in [2.05, 4.69) is 9.88 Å². The summed E-state index contributed by atoms with van der Waals surface area (Å²) in [7, 11) is -6.22. The van der Waals surface area contributed by atoms with Gasteiger partial charge >= 0.3 is 0 Å². The number of sulfone groups is 1. The topological polar surface area (TPSA) is 94.0 Å². The lowest BCUT2D eigenvalue weighted by molar-refractivity contribution is 0.484. The van der Waals surface area contributed by atoms with Crippen LogP contribution in [-0.2, 0) is 16.4 Å². The molecular weight excluding hydrogens is 494 g/mol. The Hall–Kier alpha value is -3.37. The van der Waals surface area contributed by atoms with Crippen molar-refractivity contribution in [1.29, 1.82) is 0 Å². The number of hydrogen-bond acceptors (Lipinski definition) is 7. The summed E-state index contributed by atoms with van der Waals surface area (Å²) in [6.07, 6.45) is 4.65. The van der Waals surface area contributed by atoms with Crippen molar-refractivity contribution in [3.8, 4) is 0 Å². The predicted molar refractivity (Wildman–Crippen MR) is 146 cm³/mol. The molecule has 3 aromatic carbocycles. The first kappa shape index (κ1) is 24.3. The molecule has 0 saturated heterocycles. The molecule has 0 spiro atoms. The van der Waals surface area contributed by atoms with Crippen LogP contribution in [0.15, 0.2) is 107 Å². The number of anilines is 4. The van der Waals surface area contributed by atoms with Crippen LogP contribution in [0.2, 0.25) is 0 Å². The average molecular weight is 522 g/mol. The maximum absolute atomic E-state index is 12.3. The fourth-order valence-corrected chi connectivity index (χ4v) is 6.59. The smallest absolute Gasteiger partial charge is 0.175 e. The normalized spacial score (nSPS) is 15.7. The van der Waals surface area contributed by atoms with E-state index in [1.165, 1.54) is 6.26 Å². The number of pyridine rings is 1. The zero-order chi connectivity index (χ0) is 25.3. The molecule has 0 fully saturated rings. The summed E-state index contributed by atoms with van der Waals surface area (Å²) in [5.41, 5.74) is 4.29. The number of benzene rings is 3. The molecule has 1 aromatic heterocycles. The maximum Gasteiger partial charge on any atom is 0.175 e. The van der Waals surface area contributed by atoms with Crippen molar-refractivity contribution in [2.75, 3.05) is 28.4 Å². The standard InChI is InChI=1S/C27H27N3O4S2/c1-35(31,32)24-11-6-9-22(18-24)30(23-10-7-15-28-19-23)20-21-8-2-3-12-25(21)29-16-17-36(33,34)27-14-5-4-13-26(27)29/h2-15,18-19,33-34H,16-17,20H2,1H3. The van der Waals surface area contributed by atoms with Gasteiger partial charge in [-0.1, -0.05) is 36.4 Å². The summed E-state index contributed by atoms with van der Waals surface area (Å²) in [5.74, 6) is 0.251. The van der Waals surface area contributed by atoms with Gasteiger partial charge in [-0.3, -0.25) is 14.1 Å². The molecule has 0 atom stereocenters. The molecule has 0 saturated carbocycles. The number of para-hydroxylation sites is 2. The zero-order valence-corrected chi connectivity index (χ0v) is 21.4. The van der Waals surface area contributed by atoms with Gasteiger partial charge in [-0.15, -0.1) is 0 Å². The Morgan fingerprint density at radius 3 is 2.39 bits per heavy atom. The molecule has 2 heterocycles. The highest BCUT2D eigenvalue weighted by atomic mass is 32.3. The van der Waals surface area contributed by atoms with Crippen LogP contribution < -0.4 is 9.80 Å². The molecule has 4 aromatic rings. The second-order valence-corrected chi connectivity index (χ2v) is 12.9. The lowest BCUT2D eigenvalue weighted by Crippen LogP contribution is -2.31. The van der Waals surface area contributed by atoms with Crippen LogP contribution in [0.4, 0.5) is 22.7 Å². The molecule has 1 aliphatic rings. The number of nitrogens with zero attached hydrogens (tertiary/aromatic N) is 3. The zero-order valence-electron chi connectivity index (χ0n) is 19.7. The van der Waals surface area contributed by atoms with Crippen molar-refractivity contribution in [2.45, 2.75) is 16.3 Å². The molecular formula is C27H27N3O4S2. The molecule has 36 heavy (non-hydrogen) atoms. The molecule has 0 aliphatic carbocycles. The second-order valence-electron chi connectivity index (χ2n) is 8.69. The van der Waals surface area contributed by atoms with E-state index in [4.69, 9.17) is 0 Å². The maximum atomic E-state index is 12.3. The number of hydrogen-bond donors (Lipinski definition) is 2. The van der Waals surface area contributed by atoms with Gasteiger partial charge in [0.15, 0.2) is 9.84 Å². The summed E-state index contributed by atoms with van der Waals surface area (Å²) in [6, 6.07) is 26.1. The summed E-state index contributed by atoms with van der Waals surface area (Å²) in [6.45, 7) is 0.914. The fourth-order valence-electron chi connectivity index (χ4n) is 4.46. The number of aromatic nitrogens is 1. The van der Waals surface area contributed by atoms with Crippen LogP contribution in [0, 0.1) is 0 Å². The Morgan fingerprint density at radius 1 is 0.917 bits per heavy atom. The van der Waals surface area contributed by atoms with E-state index < -0.39 is 20.4 Å². The minimum atomic E-state index is -3.38. The third kappa shape index (κ3) is 4.83. The van der Waals surface area contributed by atoms with Crippen molar-refractivity contribution < 1.29 is 17.5 Å². The monoisotopic (exact) mass is 521 g/mol. The first-order valence-corrected chi connectivity index (χ1v) is 15.0. The fraction of sp³-hybridized carbons (Fsp3) is 0.148. The van der Waals surface area contributed by atoms with E-state index in [0.29, 0.717) is 18.0 Å². The van der Waals surface area contributed by atoms with Gasteiger partial charge in [0.2, 0.25) is 0 Å². The summed E-state index contributed by atoms with van der Waals surface area (Å²) < 4.78 is 45.8. The Labute approximate surface area is 212 Å². The lowest BCUT2D eigenvalue weighted by atomic mass is 10.1. The molecule has 1 aliphatic heterocycles. The van der Waals surface area contributed by atoms with E-state index >= 15 is 0 Å². The van der Waals surface area contributed by atoms with Gasteiger partial charge in [-0.2, -0.15) is 10.6 Å². The van der Waals surface area contributed by atoms with E-state index in [1.54, 1.807) is 36.7 Å². The third-order valence-corrected chi connectivity index (χ3v) is 9.15. The first-order chi connectivity index (χ1) is 17.2. The Kier molecular flexibility index (Phi) is 6.48. The van der Waals surface area contributed by atoms with Gasteiger partial charge in [0.1, 0.15) is 0 Å². The molecule has 2 N–H and O–H groups in total. The molecule has 0 unspecified atom stereocenters. The Morgan fingerprint density at radius 2 is 1.64 bits per heavy atom. The van der Waals surface area contributed by atoms with Crippen molar-refractivity contribution in [2.24, 2.45) is 0 Å². The molecule has 5 rings (SSSR count). The molecule has 0 bridgehead atoms. The highest BCUT2D eigenvalue weighted by molar-refractivity contribution is 8.24. The average Bonchev–Trinajstić information content (AvgIpc) is 2.88. The van der Waals surface area contributed by atoms with E-state index in [1.807, 2.05) is 65.6 Å². The van der Waals surface area contributed by atoms with Gasteiger partial charge < -0.3 is 9.80 Å². The van der Waals surface area contributed by atoms with Gasteiger partial charge in [-0.05, 0) is 54.1 Å². The Bertz CT molecular complexity index is 1490. The van der Waals surface area contributed by atoms with Crippen molar-refractivity contribution >= 4 is 43.2 Å². The van der Waals surface area contributed by atoms with Gasteiger partial charge in [0.25, 0.3) is 0 Å². The van der Waals surface area contributed by atoms with Crippen LogP contribution in [0.1, 0.15) is 5.56 Å². The van der Waals surface area contributed by atoms with Crippen LogP contribution in [0.3, 0.4) is 0 Å². The van der Waals surface area contributed by atoms with Crippen molar-refractivity contribution in [1.82, 2.24) is 4.98 Å². The van der Waals surface area contributed by atoms with Crippen LogP contribution in [-0.4, -0.2) is 41.1 Å². The Balaban J connectivity index is 1.59. The minimum Gasteiger partial charge on any atom is -0.338 e. The van der Waals surface area contributed by atoms with Crippen LogP contribution in [0.25, 0.3) is 0 Å².